The molecular weight excluding hydrogens is 228 g/mol. The first-order valence-electron chi connectivity index (χ1n) is 6.86. The summed E-state index contributed by atoms with van der Waals surface area (Å²) in [5.41, 5.74) is 0. The molecule has 1 aromatic rings. The normalized spacial score (nSPS) is 23.2. The third kappa shape index (κ3) is 3.78. The number of nitrogens with one attached hydrogen (secondary N) is 1. The van der Waals surface area contributed by atoms with Gasteiger partial charge in [0.25, 0.3) is 0 Å². The number of rotatable bonds is 5. The SMILES string of the molecule is Cc1nc(CCNC(C)C2CCCN(C)C2)no1. The van der Waals surface area contributed by atoms with E-state index in [2.05, 4.69) is 34.3 Å². The minimum atomic E-state index is 0.556. The van der Waals surface area contributed by atoms with Crippen LogP contribution in [0.5, 0.6) is 0 Å². The van der Waals surface area contributed by atoms with Crippen molar-refractivity contribution in [2.75, 3.05) is 26.7 Å². The van der Waals surface area contributed by atoms with Crippen molar-refractivity contribution in [3.63, 3.8) is 0 Å². The Morgan fingerprint density at radius 2 is 2.39 bits per heavy atom. The Labute approximate surface area is 109 Å². The molecular formula is C13H24N4O. The molecule has 0 bridgehead atoms. The molecule has 102 valence electrons. The standard InChI is InChI=1S/C13H24N4O/c1-10(12-5-4-8-17(3)9-12)14-7-6-13-15-11(2)18-16-13/h10,12,14H,4-9H2,1-3H3. The van der Waals surface area contributed by atoms with Gasteiger partial charge in [-0.05, 0) is 39.3 Å². The van der Waals surface area contributed by atoms with Crippen molar-refractivity contribution in [2.45, 2.75) is 39.2 Å². The number of nitrogens with zero attached hydrogens (tertiary/aromatic N) is 3. The van der Waals surface area contributed by atoms with E-state index in [0.717, 1.165) is 24.7 Å². The molecule has 1 fully saturated rings. The summed E-state index contributed by atoms with van der Waals surface area (Å²) in [5.74, 6) is 2.20. The molecule has 1 N–H and O–H groups in total. The summed E-state index contributed by atoms with van der Waals surface area (Å²) < 4.78 is 4.96. The molecule has 0 aliphatic carbocycles. The van der Waals surface area contributed by atoms with E-state index in [1.54, 1.807) is 0 Å². The van der Waals surface area contributed by atoms with E-state index in [-0.39, 0.29) is 0 Å². The smallest absolute Gasteiger partial charge is 0.223 e. The lowest BCUT2D eigenvalue weighted by molar-refractivity contribution is 0.179. The Morgan fingerprint density at radius 1 is 1.56 bits per heavy atom. The number of aromatic nitrogens is 2. The zero-order valence-corrected chi connectivity index (χ0v) is 11.6. The second kappa shape index (κ2) is 6.29. The van der Waals surface area contributed by atoms with Crippen LogP contribution in [0.1, 0.15) is 31.5 Å². The number of hydrogen-bond acceptors (Lipinski definition) is 5. The molecule has 2 rings (SSSR count). The van der Waals surface area contributed by atoms with Crippen molar-refractivity contribution in [2.24, 2.45) is 5.92 Å². The summed E-state index contributed by atoms with van der Waals surface area (Å²) in [6.07, 6.45) is 3.49. The van der Waals surface area contributed by atoms with E-state index in [9.17, 15) is 0 Å². The van der Waals surface area contributed by atoms with Crippen LogP contribution in [0.3, 0.4) is 0 Å². The third-order valence-electron chi connectivity index (χ3n) is 3.75. The molecule has 0 saturated carbocycles. The molecule has 1 aliphatic heterocycles. The lowest BCUT2D eigenvalue weighted by Crippen LogP contribution is -2.43. The fraction of sp³-hybridized carbons (Fsp3) is 0.846. The molecule has 1 aromatic heterocycles. The molecule has 0 radical (unpaired) electrons. The highest BCUT2D eigenvalue weighted by molar-refractivity contribution is 4.86. The van der Waals surface area contributed by atoms with Crippen LogP contribution >= 0.6 is 0 Å². The van der Waals surface area contributed by atoms with Gasteiger partial charge in [0.2, 0.25) is 5.89 Å². The van der Waals surface area contributed by atoms with E-state index < -0.39 is 0 Å². The molecule has 0 spiro atoms. The first kappa shape index (κ1) is 13.5. The Kier molecular flexibility index (Phi) is 4.72. The van der Waals surface area contributed by atoms with E-state index in [1.165, 1.54) is 25.9 Å². The van der Waals surface area contributed by atoms with Gasteiger partial charge < -0.3 is 14.7 Å². The number of aryl methyl sites for hydroxylation is 1. The number of likely N-dealkylation sites (tertiary alicyclic amines) is 1. The molecule has 18 heavy (non-hydrogen) atoms. The van der Waals surface area contributed by atoms with Gasteiger partial charge in [0, 0.05) is 32.5 Å². The van der Waals surface area contributed by atoms with Crippen LogP contribution in [0, 0.1) is 12.8 Å². The van der Waals surface area contributed by atoms with Crippen molar-refractivity contribution in [1.29, 1.82) is 0 Å². The molecule has 0 amide bonds. The Hall–Kier alpha value is -0.940. The van der Waals surface area contributed by atoms with Crippen LogP contribution < -0.4 is 5.32 Å². The minimum Gasteiger partial charge on any atom is -0.340 e. The highest BCUT2D eigenvalue weighted by Crippen LogP contribution is 2.18. The fourth-order valence-electron chi connectivity index (χ4n) is 2.64. The molecule has 5 heteroatoms. The lowest BCUT2D eigenvalue weighted by atomic mass is 9.92. The highest BCUT2D eigenvalue weighted by Gasteiger charge is 2.22. The van der Waals surface area contributed by atoms with Gasteiger partial charge in [-0.1, -0.05) is 5.16 Å². The fourth-order valence-corrected chi connectivity index (χ4v) is 2.64. The summed E-state index contributed by atoms with van der Waals surface area (Å²) >= 11 is 0. The van der Waals surface area contributed by atoms with Crippen molar-refractivity contribution >= 4 is 0 Å². The lowest BCUT2D eigenvalue weighted by Gasteiger charge is -2.33. The number of piperidine rings is 1. The van der Waals surface area contributed by atoms with Crippen LogP contribution in [0.15, 0.2) is 4.52 Å². The predicted molar refractivity (Wildman–Crippen MR) is 70.4 cm³/mol. The van der Waals surface area contributed by atoms with Gasteiger partial charge in [-0.25, -0.2) is 0 Å². The quantitative estimate of drug-likeness (QED) is 0.854. The van der Waals surface area contributed by atoms with E-state index in [1.807, 2.05) is 6.92 Å². The predicted octanol–water partition coefficient (Wildman–Crippen LogP) is 1.24. The van der Waals surface area contributed by atoms with E-state index >= 15 is 0 Å². The van der Waals surface area contributed by atoms with Gasteiger partial charge in [0.05, 0.1) is 0 Å². The highest BCUT2D eigenvalue weighted by atomic mass is 16.5. The Bertz CT molecular complexity index is 366. The maximum Gasteiger partial charge on any atom is 0.223 e. The van der Waals surface area contributed by atoms with Gasteiger partial charge in [0.1, 0.15) is 0 Å². The molecule has 5 nitrogen and oxygen atoms in total. The monoisotopic (exact) mass is 252 g/mol. The van der Waals surface area contributed by atoms with Crippen LogP contribution in [-0.4, -0.2) is 47.8 Å². The Balaban J connectivity index is 1.69. The first-order chi connectivity index (χ1) is 8.65. The molecule has 2 heterocycles. The zero-order chi connectivity index (χ0) is 13.0. The van der Waals surface area contributed by atoms with Crippen molar-refractivity contribution in [3.8, 4) is 0 Å². The topological polar surface area (TPSA) is 54.2 Å². The third-order valence-corrected chi connectivity index (χ3v) is 3.75. The molecule has 2 atom stereocenters. The van der Waals surface area contributed by atoms with Gasteiger partial charge in [-0.3, -0.25) is 0 Å². The van der Waals surface area contributed by atoms with Crippen LogP contribution in [0.4, 0.5) is 0 Å². The van der Waals surface area contributed by atoms with Crippen molar-refractivity contribution in [1.82, 2.24) is 20.4 Å². The van der Waals surface area contributed by atoms with Crippen molar-refractivity contribution < 1.29 is 4.52 Å². The van der Waals surface area contributed by atoms with Gasteiger partial charge in [-0.15, -0.1) is 0 Å². The first-order valence-corrected chi connectivity index (χ1v) is 6.86. The summed E-state index contributed by atoms with van der Waals surface area (Å²) in [6, 6.07) is 0.556. The maximum absolute atomic E-state index is 4.96. The Morgan fingerprint density at radius 3 is 3.06 bits per heavy atom. The average molecular weight is 252 g/mol. The van der Waals surface area contributed by atoms with Crippen LogP contribution in [0.2, 0.25) is 0 Å². The summed E-state index contributed by atoms with van der Waals surface area (Å²) in [5, 5.41) is 7.49. The second-order valence-electron chi connectivity index (χ2n) is 5.39. The van der Waals surface area contributed by atoms with Crippen LogP contribution in [0.25, 0.3) is 0 Å². The number of hydrogen-bond donors (Lipinski definition) is 1. The zero-order valence-electron chi connectivity index (χ0n) is 11.6. The molecule has 1 saturated heterocycles. The second-order valence-corrected chi connectivity index (χ2v) is 5.39. The van der Waals surface area contributed by atoms with E-state index in [0.29, 0.717) is 11.9 Å². The van der Waals surface area contributed by atoms with Gasteiger partial charge >= 0.3 is 0 Å². The molecule has 1 aliphatic rings. The maximum atomic E-state index is 4.96. The summed E-state index contributed by atoms with van der Waals surface area (Å²) in [4.78, 5) is 6.63. The van der Waals surface area contributed by atoms with Gasteiger partial charge in [-0.2, -0.15) is 4.98 Å². The molecule has 2 unspecified atom stereocenters. The largest absolute Gasteiger partial charge is 0.340 e. The van der Waals surface area contributed by atoms with E-state index in [4.69, 9.17) is 4.52 Å². The minimum absolute atomic E-state index is 0.556. The summed E-state index contributed by atoms with van der Waals surface area (Å²) in [7, 11) is 2.21. The van der Waals surface area contributed by atoms with Crippen LogP contribution in [-0.2, 0) is 6.42 Å². The summed E-state index contributed by atoms with van der Waals surface area (Å²) in [6.45, 7) is 7.47. The molecule has 0 aromatic carbocycles. The van der Waals surface area contributed by atoms with Crippen molar-refractivity contribution in [3.05, 3.63) is 11.7 Å². The average Bonchev–Trinajstić information content (AvgIpc) is 2.75. The van der Waals surface area contributed by atoms with Gasteiger partial charge in [0.15, 0.2) is 5.82 Å².